The van der Waals surface area contributed by atoms with E-state index < -0.39 is 0 Å². The molecule has 1 rings (SSSR count). The van der Waals surface area contributed by atoms with E-state index in [1.807, 2.05) is 31.2 Å². The van der Waals surface area contributed by atoms with Gasteiger partial charge in [-0.05, 0) is 25.0 Å². The number of aryl methyl sites for hydroxylation is 1. The Morgan fingerprint density at radius 2 is 2.00 bits per heavy atom. The van der Waals surface area contributed by atoms with Crippen LogP contribution in [0.4, 0.5) is 0 Å². The van der Waals surface area contributed by atoms with Gasteiger partial charge in [-0.15, -0.1) is 0 Å². The zero-order chi connectivity index (χ0) is 8.97. The quantitative estimate of drug-likeness (QED) is 0.641. The maximum atomic E-state index is 7.17. The van der Waals surface area contributed by atoms with Crippen molar-refractivity contribution in [3.63, 3.8) is 0 Å². The molecule has 0 saturated carbocycles. The number of rotatable bonds is 2. The monoisotopic (exact) mass is 159 g/mol. The van der Waals surface area contributed by atoms with Crippen molar-refractivity contribution in [3.8, 4) is 0 Å². The first-order valence-corrected chi connectivity index (χ1v) is 4.01. The molecule has 0 aromatic heterocycles. The average molecular weight is 159 g/mol. The first-order valence-electron chi connectivity index (χ1n) is 4.01. The van der Waals surface area contributed by atoms with Crippen LogP contribution in [0.15, 0.2) is 24.3 Å². The van der Waals surface area contributed by atoms with Crippen LogP contribution < -0.4 is 0 Å². The molecular formula is C11H13N. The van der Waals surface area contributed by atoms with Gasteiger partial charge in [-0.3, -0.25) is 0 Å². The highest BCUT2D eigenvalue weighted by Crippen LogP contribution is 2.11. The van der Waals surface area contributed by atoms with Gasteiger partial charge in [0.15, 0.2) is 0 Å². The molecule has 0 heterocycles. The van der Waals surface area contributed by atoms with E-state index in [0.29, 0.717) is 0 Å². The fourth-order valence-electron chi connectivity index (χ4n) is 1.15. The van der Waals surface area contributed by atoms with Gasteiger partial charge in [0.25, 0.3) is 0 Å². The summed E-state index contributed by atoms with van der Waals surface area (Å²) in [6.07, 6.45) is 5.39. The number of nitrogens with one attached hydrogen (secondary N) is 1. The molecule has 0 amide bonds. The molecular weight excluding hydrogens is 146 g/mol. The normalized spacial score (nSPS) is 10.5. The third-order valence-corrected chi connectivity index (χ3v) is 1.74. The summed E-state index contributed by atoms with van der Waals surface area (Å²) in [5.41, 5.74) is 3.32. The molecule has 0 bridgehead atoms. The van der Waals surface area contributed by atoms with Crippen LogP contribution in [0.2, 0.25) is 0 Å². The predicted octanol–water partition coefficient (Wildman–Crippen LogP) is 3.03. The molecule has 0 atom stereocenters. The minimum atomic E-state index is 0.971. The van der Waals surface area contributed by atoms with E-state index in [1.54, 1.807) is 0 Å². The van der Waals surface area contributed by atoms with Crippen molar-refractivity contribution in [3.05, 3.63) is 41.0 Å². The van der Waals surface area contributed by atoms with Crippen LogP contribution in [-0.2, 0) is 0 Å². The minimum absolute atomic E-state index is 0.971. The van der Waals surface area contributed by atoms with Crippen LogP contribution in [-0.4, -0.2) is 6.21 Å². The van der Waals surface area contributed by atoms with E-state index in [0.717, 1.165) is 11.1 Å². The average Bonchev–Trinajstić information content (AvgIpc) is 2.05. The summed E-state index contributed by atoms with van der Waals surface area (Å²) in [5, 5.41) is 7.17. The largest absolute Gasteiger partial charge is 0.308 e. The number of hydrogen-bond donors (Lipinski definition) is 1. The fraction of sp³-hybridized carbons (Fsp3) is 0.182. The highest BCUT2D eigenvalue weighted by molar-refractivity contribution is 5.83. The molecule has 0 spiro atoms. The molecule has 1 nitrogen and oxygen atoms in total. The van der Waals surface area contributed by atoms with Crippen molar-refractivity contribution in [1.29, 1.82) is 5.41 Å². The molecule has 1 aromatic carbocycles. The molecule has 0 saturated heterocycles. The first-order chi connectivity index (χ1) is 5.77. The Labute approximate surface area is 73.3 Å². The van der Waals surface area contributed by atoms with Gasteiger partial charge in [-0.25, -0.2) is 0 Å². The maximum Gasteiger partial charge on any atom is 0.0256 e. The Kier molecular flexibility index (Phi) is 2.81. The van der Waals surface area contributed by atoms with Crippen molar-refractivity contribution in [2.45, 2.75) is 13.8 Å². The third-order valence-electron chi connectivity index (χ3n) is 1.74. The summed E-state index contributed by atoms with van der Waals surface area (Å²) < 4.78 is 0. The number of hydrogen-bond acceptors (Lipinski definition) is 1. The highest BCUT2D eigenvalue weighted by Gasteiger charge is 1.95. The van der Waals surface area contributed by atoms with Crippen molar-refractivity contribution in [2.75, 3.05) is 0 Å². The maximum absolute atomic E-state index is 7.17. The van der Waals surface area contributed by atoms with Gasteiger partial charge < -0.3 is 5.41 Å². The molecule has 62 valence electrons. The lowest BCUT2D eigenvalue weighted by Crippen LogP contribution is -1.86. The highest BCUT2D eigenvalue weighted by atomic mass is 14.3. The van der Waals surface area contributed by atoms with E-state index in [4.69, 9.17) is 5.41 Å². The molecule has 0 unspecified atom stereocenters. The van der Waals surface area contributed by atoms with Crippen LogP contribution in [0.25, 0.3) is 6.08 Å². The Bertz CT molecular complexity index is 311. The summed E-state index contributed by atoms with van der Waals surface area (Å²) in [4.78, 5) is 0. The van der Waals surface area contributed by atoms with Crippen LogP contribution >= 0.6 is 0 Å². The lowest BCUT2D eigenvalue weighted by molar-refractivity contribution is 1.43. The van der Waals surface area contributed by atoms with Crippen LogP contribution in [0.3, 0.4) is 0 Å². The third kappa shape index (κ3) is 1.82. The summed E-state index contributed by atoms with van der Waals surface area (Å²) in [6, 6.07) is 6.07. The fourth-order valence-corrected chi connectivity index (χ4v) is 1.15. The van der Waals surface area contributed by atoms with Gasteiger partial charge in [-0.2, -0.15) is 0 Å². The second-order valence-electron chi connectivity index (χ2n) is 2.78. The molecule has 0 aliphatic heterocycles. The van der Waals surface area contributed by atoms with E-state index in [-0.39, 0.29) is 0 Å². The molecule has 12 heavy (non-hydrogen) atoms. The summed E-state index contributed by atoms with van der Waals surface area (Å²) in [6.45, 7) is 4.04. The Morgan fingerprint density at radius 1 is 1.25 bits per heavy atom. The van der Waals surface area contributed by atoms with Gasteiger partial charge in [0, 0.05) is 6.21 Å². The summed E-state index contributed by atoms with van der Waals surface area (Å²) in [7, 11) is 0. The topological polar surface area (TPSA) is 23.9 Å². The second kappa shape index (κ2) is 3.86. The zero-order valence-electron chi connectivity index (χ0n) is 7.46. The van der Waals surface area contributed by atoms with E-state index in [9.17, 15) is 0 Å². The Hall–Kier alpha value is -1.37. The standard InChI is InChI=1S/C11H13N/c1-3-4-10-7-9(2)5-6-11(10)8-12/h3-8,12H,1-2H3/b4-3-,12-8?. The summed E-state index contributed by atoms with van der Waals surface area (Å²) in [5.74, 6) is 0. The molecule has 0 aliphatic carbocycles. The van der Waals surface area contributed by atoms with Gasteiger partial charge in [0.1, 0.15) is 0 Å². The molecule has 0 radical (unpaired) electrons. The lowest BCUT2D eigenvalue weighted by Gasteiger charge is -2.00. The molecule has 0 fully saturated rings. The smallest absolute Gasteiger partial charge is 0.0256 e. The number of benzene rings is 1. The van der Waals surface area contributed by atoms with Crippen molar-refractivity contribution in [1.82, 2.24) is 0 Å². The number of allylic oxidation sites excluding steroid dienone is 1. The van der Waals surface area contributed by atoms with Crippen LogP contribution in [0.1, 0.15) is 23.6 Å². The van der Waals surface area contributed by atoms with Crippen LogP contribution in [0.5, 0.6) is 0 Å². The second-order valence-corrected chi connectivity index (χ2v) is 2.78. The zero-order valence-corrected chi connectivity index (χ0v) is 7.46. The van der Waals surface area contributed by atoms with Crippen molar-refractivity contribution < 1.29 is 0 Å². The first kappa shape index (κ1) is 8.72. The summed E-state index contributed by atoms with van der Waals surface area (Å²) >= 11 is 0. The minimum Gasteiger partial charge on any atom is -0.308 e. The van der Waals surface area contributed by atoms with Crippen LogP contribution in [0, 0.1) is 12.3 Å². The van der Waals surface area contributed by atoms with Crippen molar-refractivity contribution >= 4 is 12.3 Å². The molecule has 1 aromatic rings. The van der Waals surface area contributed by atoms with Gasteiger partial charge in [-0.1, -0.05) is 35.9 Å². The van der Waals surface area contributed by atoms with E-state index in [1.165, 1.54) is 11.8 Å². The predicted molar refractivity (Wildman–Crippen MR) is 53.8 cm³/mol. The lowest BCUT2D eigenvalue weighted by atomic mass is 10.1. The molecule has 1 N–H and O–H groups in total. The van der Waals surface area contributed by atoms with Gasteiger partial charge in [0.2, 0.25) is 0 Å². The van der Waals surface area contributed by atoms with Gasteiger partial charge >= 0.3 is 0 Å². The Morgan fingerprint density at radius 3 is 2.58 bits per heavy atom. The van der Waals surface area contributed by atoms with E-state index >= 15 is 0 Å². The van der Waals surface area contributed by atoms with E-state index in [2.05, 4.69) is 13.0 Å². The molecule has 0 aliphatic rings. The van der Waals surface area contributed by atoms with Crippen molar-refractivity contribution in [2.24, 2.45) is 0 Å². The Balaban J connectivity index is 3.20. The van der Waals surface area contributed by atoms with Gasteiger partial charge in [0.05, 0.1) is 0 Å². The SMILES string of the molecule is C/C=C\c1cc(C)ccc1C=N. The molecule has 1 heteroatoms.